The first-order valence-corrected chi connectivity index (χ1v) is 4.63. The highest BCUT2D eigenvalue weighted by molar-refractivity contribution is 6.30. The molecule has 1 unspecified atom stereocenters. The van der Waals surface area contributed by atoms with Crippen LogP contribution < -0.4 is 4.74 Å². The van der Waals surface area contributed by atoms with Crippen LogP contribution in [0.2, 0.25) is 5.02 Å². The molecule has 1 heterocycles. The van der Waals surface area contributed by atoms with Gasteiger partial charge in [0, 0.05) is 16.4 Å². The third kappa shape index (κ3) is 1.76. The second-order valence-corrected chi connectivity index (χ2v) is 3.55. The monoisotopic (exact) mass is 209 g/mol. The van der Waals surface area contributed by atoms with E-state index in [0.29, 0.717) is 11.6 Å². The van der Waals surface area contributed by atoms with Crippen molar-refractivity contribution in [2.24, 2.45) is 5.11 Å². The quantitative estimate of drug-likeness (QED) is 0.420. The van der Waals surface area contributed by atoms with Gasteiger partial charge in [-0.05, 0) is 29.3 Å². The van der Waals surface area contributed by atoms with Crippen molar-refractivity contribution in [1.29, 1.82) is 0 Å². The van der Waals surface area contributed by atoms with Gasteiger partial charge in [0.1, 0.15) is 11.9 Å². The Morgan fingerprint density at radius 1 is 1.64 bits per heavy atom. The number of rotatable bonds is 2. The lowest BCUT2D eigenvalue weighted by Crippen LogP contribution is -2.16. The Bertz CT molecular complexity index is 401. The predicted molar refractivity (Wildman–Crippen MR) is 53.6 cm³/mol. The molecule has 1 aliphatic rings. The van der Waals surface area contributed by atoms with E-state index in [-0.39, 0.29) is 6.10 Å². The lowest BCUT2D eigenvalue weighted by atomic mass is 10.1. The fourth-order valence-electron chi connectivity index (χ4n) is 1.52. The number of halogens is 1. The average Bonchev–Trinajstić information content (AvgIpc) is 2.56. The Labute approximate surface area is 86.1 Å². The van der Waals surface area contributed by atoms with Gasteiger partial charge >= 0.3 is 0 Å². The normalized spacial score (nSPS) is 18.2. The van der Waals surface area contributed by atoms with Gasteiger partial charge in [-0.2, -0.15) is 0 Å². The molecule has 72 valence electrons. The van der Waals surface area contributed by atoms with Gasteiger partial charge in [-0.15, -0.1) is 0 Å². The van der Waals surface area contributed by atoms with Crippen molar-refractivity contribution in [2.45, 2.75) is 12.5 Å². The van der Waals surface area contributed by atoms with Crippen molar-refractivity contribution in [2.75, 3.05) is 6.54 Å². The van der Waals surface area contributed by atoms with Gasteiger partial charge in [-0.3, -0.25) is 0 Å². The first kappa shape index (κ1) is 9.19. The number of hydrogen-bond donors (Lipinski definition) is 0. The van der Waals surface area contributed by atoms with Crippen LogP contribution in [0.1, 0.15) is 5.56 Å². The third-order valence-corrected chi connectivity index (χ3v) is 2.35. The highest BCUT2D eigenvalue weighted by Gasteiger charge is 2.21. The van der Waals surface area contributed by atoms with Crippen LogP contribution in [0.5, 0.6) is 5.75 Å². The van der Waals surface area contributed by atoms with Gasteiger partial charge in [-0.25, -0.2) is 0 Å². The number of fused-ring (bicyclic) bond motifs is 1. The molecule has 0 N–H and O–H groups in total. The van der Waals surface area contributed by atoms with Crippen molar-refractivity contribution >= 4 is 11.6 Å². The van der Waals surface area contributed by atoms with E-state index in [1.807, 2.05) is 12.1 Å². The summed E-state index contributed by atoms with van der Waals surface area (Å²) in [5.74, 6) is 0.840. The summed E-state index contributed by atoms with van der Waals surface area (Å²) in [5.41, 5.74) is 9.25. The summed E-state index contributed by atoms with van der Waals surface area (Å²) in [6.45, 7) is 0.364. The van der Waals surface area contributed by atoms with Gasteiger partial charge in [0.05, 0.1) is 6.54 Å². The summed E-state index contributed by atoms with van der Waals surface area (Å²) < 4.78 is 5.54. The second-order valence-electron chi connectivity index (χ2n) is 3.11. The summed E-state index contributed by atoms with van der Waals surface area (Å²) in [6, 6.07) is 5.51. The molecule has 0 fully saturated rings. The third-order valence-electron chi connectivity index (χ3n) is 2.11. The molecule has 1 aliphatic heterocycles. The molecule has 0 radical (unpaired) electrons. The van der Waals surface area contributed by atoms with Crippen molar-refractivity contribution in [3.8, 4) is 5.75 Å². The maximum absolute atomic E-state index is 8.17. The lowest BCUT2D eigenvalue weighted by Gasteiger charge is -2.05. The smallest absolute Gasteiger partial charge is 0.123 e. The first-order chi connectivity index (χ1) is 6.79. The van der Waals surface area contributed by atoms with E-state index in [0.717, 1.165) is 17.7 Å². The van der Waals surface area contributed by atoms with E-state index < -0.39 is 0 Å². The van der Waals surface area contributed by atoms with Gasteiger partial charge in [0.2, 0.25) is 0 Å². The van der Waals surface area contributed by atoms with Gasteiger partial charge in [0.25, 0.3) is 0 Å². The zero-order valence-electron chi connectivity index (χ0n) is 7.35. The summed E-state index contributed by atoms with van der Waals surface area (Å²) in [5, 5.41) is 4.19. The van der Waals surface area contributed by atoms with E-state index in [1.54, 1.807) is 6.07 Å². The molecular weight excluding hydrogens is 202 g/mol. The van der Waals surface area contributed by atoms with Gasteiger partial charge in [0.15, 0.2) is 0 Å². The Hall–Kier alpha value is -1.38. The minimum Gasteiger partial charge on any atom is -0.490 e. The molecule has 2 rings (SSSR count). The molecule has 1 aromatic rings. The van der Waals surface area contributed by atoms with Crippen LogP contribution in [0, 0.1) is 0 Å². The second kappa shape index (κ2) is 3.78. The fraction of sp³-hybridized carbons (Fsp3) is 0.333. The maximum atomic E-state index is 8.17. The van der Waals surface area contributed by atoms with Crippen molar-refractivity contribution in [3.63, 3.8) is 0 Å². The van der Waals surface area contributed by atoms with Crippen LogP contribution in [0.25, 0.3) is 10.4 Å². The molecule has 0 saturated heterocycles. The zero-order valence-corrected chi connectivity index (χ0v) is 8.11. The molecule has 0 aromatic heterocycles. The fourth-order valence-corrected chi connectivity index (χ4v) is 1.71. The highest BCUT2D eigenvalue weighted by Crippen LogP contribution is 2.30. The molecule has 0 saturated carbocycles. The predicted octanol–water partition coefficient (Wildman–Crippen LogP) is 2.95. The van der Waals surface area contributed by atoms with E-state index >= 15 is 0 Å². The zero-order chi connectivity index (χ0) is 9.97. The minimum atomic E-state index is -0.0423. The Kier molecular flexibility index (Phi) is 2.48. The number of hydrogen-bond acceptors (Lipinski definition) is 2. The van der Waals surface area contributed by atoms with E-state index in [2.05, 4.69) is 10.0 Å². The number of azide groups is 1. The highest BCUT2D eigenvalue weighted by atomic mass is 35.5. The minimum absolute atomic E-state index is 0.0423. The van der Waals surface area contributed by atoms with E-state index in [4.69, 9.17) is 21.9 Å². The molecule has 0 bridgehead atoms. The van der Waals surface area contributed by atoms with Crippen LogP contribution in [-0.4, -0.2) is 12.6 Å². The SMILES string of the molecule is [N-]=[N+]=NCC1Cc2cc(Cl)ccc2O1. The molecular formula is C9H8ClN3O. The Morgan fingerprint density at radius 3 is 3.29 bits per heavy atom. The Balaban J connectivity index is 2.13. The number of benzene rings is 1. The Morgan fingerprint density at radius 2 is 2.50 bits per heavy atom. The molecule has 0 spiro atoms. The van der Waals surface area contributed by atoms with Crippen LogP contribution in [0.3, 0.4) is 0 Å². The molecule has 4 nitrogen and oxygen atoms in total. The van der Waals surface area contributed by atoms with Crippen molar-refractivity contribution in [1.82, 2.24) is 0 Å². The van der Waals surface area contributed by atoms with E-state index in [1.165, 1.54) is 0 Å². The summed E-state index contributed by atoms with van der Waals surface area (Å²) in [4.78, 5) is 2.70. The first-order valence-electron chi connectivity index (χ1n) is 4.25. The molecule has 14 heavy (non-hydrogen) atoms. The molecule has 0 aliphatic carbocycles. The van der Waals surface area contributed by atoms with Gasteiger partial charge in [-0.1, -0.05) is 16.7 Å². The molecule has 0 amide bonds. The van der Waals surface area contributed by atoms with E-state index in [9.17, 15) is 0 Å². The summed E-state index contributed by atoms with van der Waals surface area (Å²) in [6.07, 6.45) is 0.717. The average molecular weight is 210 g/mol. The summed E-state index contributed by atoms with van der Waals surface area (Å²) >= 11 is 5.84. The van der Waals surface area contributed by atoms with Crippen LogP contribution in [0.15, 0.2) is 23.3 Å². The van der Waals surface area contributed by atoms with Crippen LogP contribution in [0.4, 0.5) is 0 Å². The molecule has 1 aromatic carbocycles. The maximum Gasteiger partial charge on any atom is 0.123 e. The van der Waals surface area contributed by atoms with Crippen molar-refractivity contribution in [3.05, 3.63) is 39.2 Å². The molecule has 5 heteroatoms. The number of nitrogens with zero attached hydrogens (tertiary/aromatic N) is 3. The standard InChI is InChI=1S/C9H8ClN3O/c10-7-1-2-9-6(3-7)4-8(14-9)5-12-13-11/h1-3,8H,4-5H2. The molecule has 1 atom stereocenters. The van der Waals surface area contributed by atoms with Crippen LogP contribution >= 0.6 is 11.6 Å². The van der Waals surface area contributed by atoms with Crippen molar-refractivity contribution < 1.29 is 4.74 Å². The lowest BCUT2D eigenvalue weighted by molar-refractivity contribution is 0.241. The topological polar surface area (TPSA) is 58.0 Å². The van der Waals surface area contributed by atoms with Gasteiger partial charge < -0.3 is 4.74 Å². The number of ether oxygens (including phenoxy) is 1. The van der Waals surface area contributed by atoms with Crippen LogP contribution in [-0.2, 0) is 6.42 Å². The summed E-state index contributed by atoms with van der Waals surface area (Å²) in [7, 11) is 0. The largest absolute Gasteiger partial charge is 0.490 e.